The van der Waals surface area contributed by atoms with Crippen molar-refractivity contribution in [1.29, 1.82) is 0 Å². The predicted molar refractivity (Wildman–Crippen MR) is 98.0 cm³/mol. The van der Waals surface area contributed by atoms with Gasteiger partial charge in [0, 0.05) is 5.56 Å². The second-order valence-electron chi connectivity index (χ2n) is 5.84. The smallest absolute Gasteiger partial charge is 0.293 e. The number of aliphatic hydroxyl groups excluding tert-OH is 1. The Balaban J connectivity index is 2.12. The first-order valence-corrected chi connectivity index (χ1v) is 8.14. The van der Waals surface area contributed by atoms with Crippen molar-refractivity contribution in [1.82, 2.24) is 5.32 Å². The van der Waals surface area contributed by atoms with E-state index in [1.807, 2.05) is 0 Å². The molecule has 0 radical (unpaired) electrons. The van der Waals surface area contributed by atoms with E-state index in [1.54, 1.807) is 42.5 Å². The van der Waals surface area contributed by atoms with Crippen molar-refractivity contribution >= 4 is 17.4 Å². The Labute approximate surface area is 156 Å². The zero-order valence-electron chi connectivity index (χ0n) is 15.1. The third-order valence-electron chi connectivity index (χ3n) is 4.35. The Morgan fingerprint density at radius 1 is 0.963 bits per heavy atom. The number of carbonyl (C=O) groups is 2. The van der Waals surface area contributed by atoms with Gasteiger partial charge in [-0.25, -0.2) is 0 Å². The summed E-state index contributed by atoms with van der Waals surface area (Å²) in [4.78, 5) is 24.4. The minimum atomic E-state index is -0.784. The fourth-order valence-corrected chi connectivity index (χ4v) is 2.98. The number of methoxy groups -OCH3 is 3. The summed E-state index contributed by atoms with van der Waals surface area (Å²) in [6.07, 6.45) is 0. The number of carbonyl (C=O) groups excluding carboxylic acids is 2. The quantitative estimate of drug-likeness (QED) is 0.478. The number of Topliss-reactive ketones (excluding diaryl/α,β-unsaturated/α-hetero) is 1. The number of hydrogen-bond donors (Lipinski definition) is 2. The molecule has 140 valence electrons. The molecule has 0 aromatic heterocycles. The van der Waals surface area contributed by atoms with Gasteiger partial charge >= 0.3 is 0 Å². The lowest BCUT2D eigenvalue weighted by Crippen LogP contribution is -2.21. The molecule has 0 aliphatic carbocycles. The van der Waals surface area contributed by atoms with E-state index in [1.165, 1.54) is 21.3 Å². The Hall–Kier alpha value is -3.48. The van der Waals surface area contributed by atoms with E-state index in [0.29, 0.717) is 28.4 Å². The van der Waals surface area contributed by atoms with Crippen molar-refractivity contribution < 1.29 is 28.9 Å². The van der Waals surface area contributed by atoms with Gasteiger partial charge in [0.15, 0.2) is 11.5 Å². The molecule has 1 unspecified atom stereocenters. The average Bonchev–Trinajstić information content (AvgIpc) is 3.01. The van der Waals surface area contributed by atoms with Crippen LogP contribution in [0.2, 0.25) is 0 Å². The summed E-state index contributed by atoms with van der Waals surface area (Å²) in [6.45, 7) is 0. The van der Waals surface area contributed by atoms with Crippen molar-refractivity contribution in [2.75, 3.05) is 21.3 Å². The van der Waals surface area contributed by atoms with Crippen molar-refractivity contribution in [3.8, 4) is 17.2 Å². The zero-order valence-corrected chi connectivity index (χ0v) is 15.1. The summed E-state index contributed by atoms with van der Waals surface area (Å²) in [5.41, 5.74) is 0.927. The molecule has 0 saturated carbocycles. The summed E-state index contributed by atoms with van der Waals surface area (Å²) in [6, 6.07) is 10.9. The van der Waals surface area contributed by atoms with Crippen LogP contribution in [0.3, 0.4) is 0 Å². The number of hydrogen-bond acceptors (Lipinski definition) is 6. The number of amides is 1. The molecule has 1 amide bonds. The number of rotatable bonds is 5. The minimum absolute atomic E-state index is 0.0273. The van der Waals surface area contributed by atoms with Gasteiger partial charge in [0.25, 0.3) is 11.7 Å². The van der Waals surface area contributed by atoms with Crippen LogP contribution in [0.5, 0.6) is 17.2 Å². The molecule has 1 saturated heterocycles. The van der Waals surface area contributed by atoms with Crippen LogP contribution in [0.1, 0.15) is 17.2 Å². The number of ether oxygens (including phenoxy) is 3. The third kappa shape index (κ3) is 3.31. The lowest BCUT2D eigenvalue weighted by atomic mass is 9.95. The van der Waals surface area contributed by atoms with Gasteiger partial charge in [-0.1, -0.05) is 12.1 Å². The fourth-order valence-electron chi connectivity index (χ4n) is 2.98. The molecule has 2 aromatic carbocycles. The average molecular weight is 369 g/mol. The van der Waals surface area contributed by atoms with Gasteiger partial charge in [0.05, 0.1) is 32.9 Å². The van der Waals surface area contributed by atoms with Crippen LogP contribution >= 0.6 is 0 Å². The van der Waals surface area contributed by atoms with Gasteiger partial charge in [-0.2, -0.15) is 0 Å². The number of nitrogens with one attached hydrogen (secondary N) is 1. The highest BCUT2D eigenvalue weighted by molar-refractivity contribution is 6.46. The van der Waals surface area contributed by atoms with Crippen molar-refractivity contribution in [3.05, 3.63) is 59.2 Å². The van der Waals surface area contributed by atoms with E-state index in [-0.39, 0.29) is 11.3 Å². The third-order valence-corrected chi connectivity index (χ3v) is 4.35. The van der Waals surface area contributed by atoms with E-state index in [4.69, 9.17) is 14.2 Å². The predicted octanol–water partition coefficient (Wildman–Crippen LogP) is 2.42. The number of benzene rings is 2. The minimum Gasteiger partial charge on any atom is -0.507 e. The van der Waals surface area contributed by atoms with E-state index < -0.39 is 17.7 Å². The summed E-state index contributed by atoms with van der Waals surface area (Å²) in [7, 11) is 4.49. The van der Waals surface area contributed by atoms with E-state index >= 15 is 0 Å². The largest absolute Gasteiger partial charge is 0.507 e. The van der Waals surface area contributed by atoms with Crippen molar-refractivity contribution in [3.63, 3.8) is 0 Å². The molecule has 1 aliphatic rings. The first-order chi connectivity index (χ1) is 13.0. The zero-order chi connectivity index (χ0) is 19.6. The molecular weight excluding hydrogens is 350 g/mol. The molecule has 2 N–H and O–H groups in total. The van der Waals surface area contributed by atoms with Gasteiger partial charge in [0.1, 0.15) is 11.5 Å². The van der Waals surface area contributed by atoms with Crippen molar-refractivity contribution in [2.24, 2.45) is 0 Å². The first-order valence-electron chi connectivity index (χ1n) is 8.14. The van der Waals surface area contributed by atoms with E-state index in [2.05, 4.69) is 5.32 Å². The topological polar surface area (TPSA) is 94.1 Å². The second kappa shape index (κ2) is 7.41. The summed E-state index contributed by atoms with van der Waals surface area (Å²) < 4.78 is 15.6. The monoisotopic (exact) mass is 369 g/mol. The standard InChI is InChI=1S/C20H19NO6/c1-25-13-6-4-5-11(9-13)17-16(19(23)20(24)21-17)18(22)12-7-8-14(26-2)15(10-12)27-3/h4-10,17,22H,1-3H3,(H,21,24)/b18-16-. The lowest BCUT2D eigenvalue weighted by Gasteiger charge is -2.15. The highest BCUT2D eigenvalue weighted by Gasteiger charge is 2.39. The van der Waals surface area contributed by atoms with E-state index in [0.717, 1.165) is 0 Å². The maximum Gasteiger partial charge on any atom is 0.293 e. The van der Waals surface area contributed by atoms with Crippen LogP contribution in [-0.2, 0) is 9.59 Å². The highest BCUT2D eigenvalue weighted by atomic mass is 16.5. The van der Waals surface area contributed by atoms with Crippen molar-refractivity contribution in [2.45, 2.75) is 6.04 Å². The van der Waals surface area contributed by atoms with Crippen LogP contribution in [-0.4, -0.2) is 38.1 Å². The fraction of sp³-hybridized carbons (Fsp3) is 0.200. The molecule has 0 bridgehead atoms. The molecule has 1 heterocycles. The number of aliphatic hydroxyl groups is 1. The summed E-state index contributed by atoms with van der Waals surface area (Å²) in [5, 5.41) is 13.4. The molecule has 3 rings (SSSR count). The lowest BCUT2D eigenvalue weighted by molar-refractivity contribution is -0.133. The molecule has 27 heavy (non-hydrogen) atoms. The second-order valence-corrected chi connectivity index (χ2v) is 5.84. The number of ketones is 1. The van der Waals surface area contributed by atoms with E-state index in [9.17, 15) is 14.7 Å². The van der Waals surface area contributed by atoms with Gasteiger partial charge in [0.2, 0.25) is 0 Å². The molecule has 1 fully saturated rings. The Morgan fingerprint density at radius 3 is 2.37 bits per heavy atom. The van der Waals surface area contributed by atoms with Gasteiger partial charge in [-0.3, -0.25) is 9.59 Å². The normalized spacial score (nSPS) is 18.1. The van der Waals surface area contributed by atoms with Gasteiger partial charge in [-0.15, -0.1) is 0 Å². The molecule has 1 aliphatic heterocycles. The van der Waals surface area contributed by atoms with Crippen LogP contribution in [0.15, 0.2) is 48.0 Å². The first kappa shape index (κ1) is 18.3. The van der Waals surface area contributed by atoms with Crippen LogP contribution in [0.4, 0.5) is 0 Å². The maximum absolute atomic E-state index is 12.4. The Bertz CT molecular complexity index is 934. The summed E-state index contributed by atoms with van der Waals surface area (Å²) in [5.74, 6) is -0.404. The Morgan fingerprint density at radius 2 is 1.70 bits per heavy atom. The van der Waals surface area contributed by atoms with Crippen LogP contribution < -0.4 is 19.5 Å². The SMILES string of the molecule is COc1cccc(C2NC(=O)C(=O)/C2=C(\O)c2ccc(OC)c(OC)c2)c1. The molecule has 1 atom stereocenters. The molecule has 7 nitrogen and oxygen atoms in total. The molecule has 7 heteroatoms. The van der Waals surface area contributed by atoms with Gasteiger partial charge in [-0.05, 0) is 35.9 Å². The van der Waals surface area contributed by atoms with Crippen LogP contribution in [0, 0.1) is 0 Å². The molecule has 2 aromatic rings. The Kier molecular flexibility index (Phi) is 5.03. The molecular formula is C20H19NO6. The van der Waals surface area contributed by atoms with Crippen LogP contribution in [0.25, 0.3) is 5.76 Å². The molecule has 0 spiro atoms. The highest BCUT2D eigenvalue weighted by Crippen LogP contribution is 2.36. The van der Waals surface area contributed by atoms with Gasteiger partial charge < -0.3 is 24.6 Å². The summed E-state index contributed by atoms with van der Waals surface area (Å²) >= 11 is 0. The maximum atomic E-state index is 12.4.